The number of hydrogen-bond donors (Lipinski definition) is 1. The summed E-state index contributed by atoms with van der Waals surface area (Å²) in [6, 6.07) is 2.01. The summed E-state index contributed by atoms with van der Waals surface area (Å²) in [6.07, 6.45) is 7.78. The highest BCUT2D eigenvalue weighted by Gasteiger charge is 2.03. The summed E-state index contributed by atoms with van der Waals surface area (Å²) in [6.45, 7) is 2.34. The second-order valence-electron chi connectivity index (χ2n) is 4.11. The van der Waals surface area contributed by atoms with Gasteiger partial charge in [0.1, 0.15) is 0 Å². The van der Waals surface area contributed by atoms with Crippen molar-refractivity contribution in [3.8, 4) is 11.1 Å². The van der Waals surface area contributed by atoms with Crippen LogP contribution in [0.2, 0.25) is 0 Å². The normalized spacial score (nSPS) is 10.3. The highest BCUT2D eigenvalue weighted by atomic mass is 16.1. The van der Waals surface area contributed by atoms with Crippen LogP contribution < -0.4 is 5.32 Å². The second kappa shape index (κ2) is 5.44. The number of hydrogen-bond acceptors (Lipinski definition) is 3. The van der Waals surface area contributed by atoms with Gasteiger partial charge in [0.2, 0.25) is 5.91 Å². The van der Waals surface area contributed by atoms with Crippen LogP contribution in [-0.4, -0.2) is 20.7 Å². The largest absolute Gasteiger partial charge is 0.352 e. The molecule has 2 aromatic heterocycles. The lowest BCUT2D eigenvalue weighted by Crippen LogP contribution is -2.21. The number of aryl methyl sites for hydroxylation is 1. The Morgan fingerprint density at radius 2 is 2.17 bits per heavy atom. The monoisotopic (exact) mass is 244 g/mol. The molecular weight excluding hydrogens is 228 g/mol. The molecule has 0 unspecified atom stereocenters. The van der Waals surface area contributed by atoms with Crippen molar-refractivity contribution in [3.05, 3.63) is 36.4 Å². The average molecular weight is 244 g/mol. The van der Waals surface area contributed by atoms with Crippen molar-refractivity contribution in [1.82, 2.24) is 20.1 Å². The summed E-state index contributed by atoms with van der Waals surface area (Å²) in [4.78, 5) is 15.4. The molecule has 0 fully saturated rings. The third-order valence-corrected chi connectivity index (χ3v) is 2.64. The number of pyridine rings is 1. The van der Waals surface area contributed by atoms with Crippen LogP contribution in [-0.2, 0) is 18.4 Å². The van der Waals surface area contributed by atoms with E-state index in [4.69, 9.17) is 0 Å². The number of nitrogens with one attached hydrogen (secondary N) is 1. The van der Waals surface area contributed by atoms with Gasteiger partial charge in [0, 0.05) is 49.7 Å². The van der Waals surface area contributed by atoms with Crippen molar-refractivity contribution in [2.75, 3.05) is 0 Å². The van der Waals surface area contributed by atoms with Crippen molar-refractivity contribution in [2.45, 2.75) is 19.9 Å². The van der Waals surface area contributed by atoms with Gasteiger partial charge in [0.15, 0.2) is 0 Å². The molecule has 0 aromatic carbocycles. The fraction of sp³-hybridized carbons (Fsp3) is 0.308. The predicted molar refractivity (Wildman–Crippen MR) is 68.6 cm³/mol. The maximum Gasteiger partial charge on any atom is 0.219 e. The number of amides is 1. The smallest absolute Gasteiger partial charge is 0.219 e. The first kappa shape index (κ1) is 12.3. The van der Waals surface area contributed by atoms with Gasteiger partial charge in [0.05, 0.1) is 6.20 Å². The highest BCUT2D eigenvalue weighted by molar-refractivity contribution is 5.75. The molecule has 0 saturated heterocycles. The van der Waals surface area contributed by atoms with Crippen molar-refractivity contribution < 1.29 is 4.79 Å². The van der Waals surface area contributed by atoms with E-state index in [2.05, 4.69) is 15.4 Å². The van der Waals surface area contributed by atoms with Crippen molar-refractivity contribution in [3.63, 3.8) is 0 Å². The molecule has 0 aliphatic rings. The maximum atomic E-state index is 11.2. The van der Waals surface area contributed by atoms with E-state index in [1.807, 2.05) is 26.2 Å². The zero-order chi connectivity index (χ0) is 13.0. The fourth-order valence-electron chi connectivity index (χ4n) is 1.64. The van der Waals surface area contributed by atoms with Crippen LogP contribution in [0.3, 0.4) is 0 Å². The van der Waals surface area contributed by atoms with Gasteiger partial charge < -0.3 is 5.32 Å². The zero-order valence-corrected chi connectivity index (χ0v) is 10.6. The van der Waals surface area contributed by atoms with Gasteiger partial charge in [-0.05, 0) is 11.6 Å². The lowest BCUT2D eigenvalue weighted by Gasteiger charge is -2.04. The quantitative estimate of drug-likeness (QED) is 0.886. The van der Waals surface area contributed by atoms with Crippen LogP contribution >= 0.6 is 0 Å². The van der Waals surface area contributed by atoms with Crippen LogP contribution in [0, 0.1) is 0 Å². The minimum atomic E-state index is 0.0433. The minimum absolute atomic E-state index is 0.0433. The third kappa shape index (κ3) is 2.94. The molecule has 2 heterocycles. The maximum absolute atomic E-state index is 11.2. The van der Waals surface area contributed by atoms with E-state index in [1.54, 1.807) is 23.3 Å². The van der Waals surface area contributed by atoms with Gasteiger partial charge in [-0.3, -0.25) is 14.5 Å². The third-order valence-electron chi connectivity index (χ3n) is 2.64. The first-order valence-electron chi connectivity index (χ1n) is 5.88. The van der Waals surface area contributed by atoms with Gasteiger partial charge in [-0.2, -0.15) is 5.10 Å². The van der Waals surface area contributed by atoms with E-state index in [-0.39, 0.29) is 5.91 Å². The highest BCUT2D eigenvalue weighted by Crippen LogP contribution is 2.18. The summed E-state index contributed by atoms with van der Waals surface area (Å²) < 4.78 is 1.75. The molecule has 2 rings (SSSR count). The van der Waals surface area contributed by atoms with Gasteiger partial charge in [-0.15, -0.1) is 0 Å². The summed E-state index contributed by atoms with van der Waals surface area (Å²) in [5.74, 6) is 0.0433. The molecular formula is C13H16N4O. The molecule has 2 aromatic rings. The lowest BCUT2D eigenvalue weighted by molar-refractivity contribution is -0.120. The predicted octanol–water partition coefficient (Wildman–Crippen LogP) is 1.51. The molecule has 0 aliphatic carbocycles. The topological polar surface area (TPSA) is 59.8 Å². The van der Waals surface area contributed by atoms with Crippen LogP contribution in [0.1, 0.15) is 18.9 Å². The Hall–Kier alpha value is -2.17. The van der Waals surface area contributed by atoms with Gasteiger partial charge in [0.25, 0.3) is 0 Å². The Bertz CT molecular complexity index is 547. The Balaban J connectivity index is 2.12. The minimum Gasteiger partial charge on any atom is -0.352 e. The molecule has 0 radical (unpaired) electrons. The van der Waals surface area contributed by atoms with E-state index in [0.717, 1.165) is 16.7 Å². The van der Waals surface area contributed by atoms with Gasteiger partial charge in [-0.25, -0.2) is 0 Å². The molecule has 94 valence electrons. The molecule has 0 saturated carbocycles. The zero-order valence-electron chi connectivity index (χ0n) is 10.6. The fourth-order valence-corrected chi connectivity index (χ4v) is 1.64. The standard InChI is InChI=1S/C13H16N4O/c1-3-13(18)15-6-10-4-11(7-14-5-10)12-8-16-17(2)9-12/h4-5,7-9H,3,6H2,1-2H3,(H,15,18). The van der Waals surface area contributed by atoms with Crippen molar-refractivity contribution >= 4 is 5.91 Å². The Labute approximate surface area is 106 Å². The molecule has 1 N–H and O–H groups in total. The molecule has 18 heavy (non-hydrogen) atoms. The van der Waals surface area contributed by atoms with E-state index < -0.39 is 0 Å². The Morgan fingerprint density at radius 3 is 2.83 bits per heavy atom. The lowest BCUT2D eigenvalue weighted by atomic mass is 10.1. The number of rotatable bonds is 4. The molecule has 0 spiro atoms. The summed E-state index contributed by atoms with van der Waals surface area (Å²) in [7, 11) is 1.88. The molecule has 5 heteroatoms. The number of carbonyl (C=O) groups excluding carboxylic acids is 1. The van der Waals surface area contributed by atoms with E-state index >= 15 is 0 Å². The van der Waals surface area contributed by atoms with Crippen molar-refractivity contribution in [1.29, 1.82) is 0 Å². The van der Waals surface area contributed by atoms with Crippen LogP contribution in [0.5, 0.6) is 0 Å². The number of aromatic nitrogens is 3. The summed E-state index contributed by atoms with van der Waals surface area (Å²) >= 11 is 0. The second-order valence-corrected chi connectivity index (χ2v) is 4.11. The van der Waals surface area contributed by atoms with E-state index in [9.17, 15) is 4.79 Å². The molecule has 0 atom stereocenters. The molecule has 5 nitrogen and oxygen atoms in total. The number of carbonyl (C=O) groups is 1. The molecule has 1 amide bonds. The molecule has 0 aliphatic heterocycles. The summed E-state index contributed by atoms with van der Waals surface area (Å²) in [5.41, 5.74) is 3.01. The Morgan fingerprint density at radius 1 is 1.33 bits per heavy atom. The van der Waals surface area contributed by atoms with Crippen LogP contribution in [0.15, 0.2) is 30.9 Å². The van der Waals surface area contributed by atoms with Gasteiger partial charge >= 0.3 is 0 Å². The first-order chi connectivity index (χ1) is 8.69. The summed E-state index contributed by atoms with van der Waals surface area (Å²) in [5, 5.41) is 6.96. The Kier molecular flexibility index (Phi) is 3.72. The van der Waals surface area contributed by atoms with Crippen LogP contribution in [0.4, 0.5) is 0 Å². The number of nitrogens with zero attached hydrogens (tertiary/aromatic N) is 3. The van der Waals surface area contributed by atoms with Crippen molar-refractivity contribution in [2.24, 2.45) is 7.05 Å². The SMILES string of the molecule is CCC(=O)NCc1cncc(-c2cnn(C)c2)c1. The van der Waals surface area contributed by atoms with Gasteiger partial charge in [-0.1, -0.05) is 6.92 Å². The first-order valence-corrected chi connectivity index (χ1v) is 5.88. The van der Waals surface area contributed by atoms with E-state index in [1.165, 1.54) is 0 Å². The van der Waals surface area contributed by atoms with E-state index in [0.29, 0.717) is 13.0 Å². The van der Waals surface area contributed by atoms with Crippen LogP contribution in [0.25, 0.3) is 11.1 Å². The average Bonchev–Trinajstić information content (AvgIpc) is 2.83. The molecule has 0 bridgehead atoms.